The Labute approximate surface area is 144 Å². The first-order chi connectivity index (χ1) is 11.2. The van der Waals surface area contributed by atoms with Crippen LogP contribution in [-0.2, 0) is 9.59 Å². The summed E-state index contributed by atoms with van der Waals surface area (Å²) in [6.07, 6.45) is 5.37. The number of phenolic OH excluding ortho intramolecular Hbond substituents is 1. The summed E-state index contributed by atoms with van der Waals surface area (Å²) < 4.78 is 0. The Morgan fingerprint density at radius 2 is 1.83 bits per heavy atom. The van der Waals surface area contributed by atoms with Crippen molar-refractivity contribution in [3.8, 4) is 5.75 Å². The smallest absolute Gasteiger partial charge is 0.214 e. The van der Waals surface area contributed by atoms with Gasteiger partial charge in [-0.2, -0.15) is 0 Å². The largest absolute Gasteiger partial charge is 0.506 e. The fraction of sp³-hybridized carbons (Fsp3) is 0.579. The van der Waals surface area contributed by atoms with Crippen molar-refractivity contribution in [1.29, 1.82) is 0 Å². The van der Waals surface area contributed by atoms with E-state index in [9.17, 15) is 9.90 Å². The molecule has 0 radical (unpaired) electrons. The molecule has 1 aromatic rings. The molecule has 0 aromatic heterocycles. The maximum absolute atomic E-state index is 11.7. The molecular formula is C19H30N2O3. The standard InChI is InChI=1S/C18H27NO2.CH3NO/c1-5-18(4)11-14(10-17(2,3)12-18)19(13-20)15-8-6-7-9-16(15)21;2-1-3/h6-9,13-14,21H,5,10-12H2,1-4H3;1H,(H2,2,3). The SMILES string of the molecule is CCC1(C)CC(N(C=O)c2ccccc2O)CC(C)(C)C1.NC=O. The number of carbonyl (C=O) groups excluding carboxylic acids is 2. The van der Waals surface area contributed by atoms with Gasteiger partial charge >= 0.3 is 0 Å². The van der Waals surface area contributed by atoms with Crippen molar-refractivity contribution in [1.82, 2.24) is 0 Å². The predicted molar refractivity (Wildman–Crippen MR) is 96.7 cm³/mol. The van der Waals surface area contributed by atoms with Gasteiger partial charge in [0, 0.05) is 6.04 Å². The van der Waals surface area contributed by atoms with Crippen LogP contribution < -0.4 is 10.6 Å². The van der Waals surface area contributed by atoms with E-state index in [-0.39, 0.29) is 29.0 Å². The van der Waals surface area contributed by atoms with Crippen LogP contribution in [0, 0.1) is 10.8 Å². The van der Waals surface area contributed by atoms with Crippen LogP contribution in [0.3, 0.4) is 0 Å². The zero-order chi connectivity index (χ0) is 18.4. The number of phenols is 1. The number of carbonyl (C=O) groups is 2. The maximum Gasteiger partial charge on any atom is 0.214 e. The number of anilines is 1. The fourth-order valence-corrected chi connectivity index (χ4v) is 4.07. The summed E-state index contributed by atoms with van der Waals surface area (Å²) in [4.78, 5) is 22.0. The normalized spacial score (nSPS) is 25.1. The minimum atomic E-state index is 0.143. The van der Waals surface area contributed by atoms with Gasteiger partial charge in [-0.05, 0) is 42.2 Å². The average molecular weight is 334 g/mol. The third kappa shape index (κ3) is 4.98. The first-order valence-electron chi connectivity index (χ1n) is 8.39. The number of primary amides is 1. The van der Waals surface area contributed by atoms with Crippen molar-refractivity contribution >= 4 is 18.5 Å². The Hall–Kier alpha value is -2.04. The van der Waals surface area contributed by atoms with Crippen LogP contribution >= 0.6 is 0 Å². The molecule has 2 rings (SSSR count). The predicted octanol–water partition coefficient (Wildman–Crippen LogP) is 3.45. The minimum Gasteiger partial charge on any atom is -0.506 e. The van der Waals surface area contributed by atoms with E-state index in [4.69, 9.17) is 4.79 Å². The Morgan fingerprint density at radius 3 is 2.33 bits per heavy atom. The van der Waals surface area contributed by atoms with Crippen molar-refractivity contribution in [2.75, 3.05) is 4.90 Å². The lowest BCUT2D eigenvalue weighted by Crippen LogP contribution is -2.46. The average Bonchev–Trinajstić information content (AvgIpc) is 2.49. The summed E-state index contributed by atoms with van der Waals surface area (Å²) >= 11 is 0. The van der Waals surface area contributed by atoms with Gasteiger partial charge in [-0.1, -0.05) is 46.2 Å². The topological polar surface area (TPSA) is 83.6 Å². The number of nitrogens with two attached hydrogens (primary N) is 1. The summed E-state index contributed by atoms with van der Waals surface area (Å²) in [6, 6.07) is 7.24. The molecule has 1 saturated carbocycles. The molecule has 1 aliphatic carbocycles. The lowest BCUT2D eigenvalue weighted by atomic mass is 9.61. The highest BCUT2D eigenvalue weighted by Crippen LogP contribution is 2.49. The van der Waals surface area contributed by atoms with E-state index in [1.54, 1.807) is 17.0 Å². The van der Waals surface area contributed by atoms with Gasteiger partial charge < -0.3 is 15.7 Å². The van der Waals surface area contributed by atoms with Gasteiger partial charge in [0.15, 0.2) is 0 Å². The molecule has 1 aromatic carbocycles. The van der Waals surface area contributed by atoms with Crippen LogP contribution in [0.15, 0.2) is 24.3 Å². The molecule has 0 bridgehead atoms. The third-order valence-corrected chi connectivity index (χ3v) is 4.94. The molecule has 0 heterocycles. The van der Waals surface area contributed by atoms with Crippen molar-refractivity contribution < 1.29 is 14.7 Å². The van der Waals surface area contributed by atoms with Crippen LogP contribution in [0.1, 0.15) is 53.4 Å². The molecule has 0 spiro atoms. The second-order valence-electron chi connectivity index (χ2n) is 7.70. The molecule has 0 aliphatic heterocycles. The first-order valence-corrected chi connectivity index (χ1v) is 8.39. The van der Waals surface area contributed by atoms with Crippen molar-refractivity contribution in [3.05, 3.63) is 24.3 Å². The van der Waals surface area contributed by atoms with E-state index in [2.05, 4.69) is 33.4 Å². The molecule has 1 fully saturated rings. The van der Waals surface area contributed by atoms with Gasteiger partial charge in [-0.3, -0.25) is 9.59 Å². The Kier molecular flexibility index (Phi) is 6.81. The Morgan fingerprint density at radius 1 is 1.25 bits per heavy atom. The molecule has 24 heavy (non-hydrogen) atoms. The summed E-state index contributed by atoms with van der Waals surface area (Å²) in [7, 11) is 0. The monoisotopic (exact) mass is 334 g/mol. The highest BCUT2D eigenvalue weighted by molar-refractivity contribution is 5.79. The lowest BCUT2D eigenvalue weighted by Gasteiger charge is -2.49. The van der Waals surface area contributed by atoms with Crippen LogP contribution in [0.25, 0.3) is 0 Å². The highest BCUT2D eigenvalue weighted by atomic mass is 16.3. The quantitative estimate of drug-likeness (QED) is 0.827. The van der Waals surface area contributed by atoms with Gasteiger partial charge in [0.2, 0.25) is 12.8 Å². The molecule has 5 nitrogen and oxygen atoms in total. The molecule has 1 aliphatic rings. The van der Waals surface area contributed by atoms with Crippen LogP contribution in [0.2, 0.25) is 0 Å². The second-order valence-corrected chi connectivity index (χ2v) is 7.70. The summed E-state index contributed by atoms with van der Waals surface area (Å²) in [5.41, 5.74) is 5.24. The number of nitrogens with zero attached hydrogens (tertiary/aromatic N) is 1. The maximum atomic E-state index is 11.7. The number of para-hydroxylation sites is 2. The summed E-state index contributed by atoms with van der Waals surface area (Å²) in [5, 5.41) is 10.1. The Bertz CT molecular complexity index is 559. The van der Waals surface area contributed by atoms with E-state index in [0.717, 1.165) is 25.7 Å². The number of hydrogen-bond acceptors (Lipinski definition) is 3. The molecule has 2 unspecified atom stereocenters. The van der Waals surface area contributed by atoms with Crippen LogP contribution in [0.4, 0.5) is 5.69 Å². The van der Waals surface area contributed by atoms with Gasteiger partial charge in [-0.15, -0.1) is 0 Å². The molecule has 2 amide bonds. The first kappa shape index (κ1) is 20.0. The molecular weight excluding hydrogens is 304 g/mol. The van der Waals surface area contributed by atoms with Crippen LogP contribution in [0.5, 0.6) is 5.75 Å². The van der Waals surface area contributed by atoms with Gasteiger partial charge in [-0.25, -0.2) is 0 Å². The number of hydrogen-bond donors (Lipinski definition) is 2. The number of amides is 2. The number of benzene rings is 1. The third-order valence-electron chi connectivity index (χ3n) is 4.94. The molecule has 0 saturated heterocycles. The van der Waals surface area contributed by atoms with E-state index in [0.29, 0.717) is 5.69 Å². The molecule has 134 valence electrons. The fourth-order valence-electron chi connectivity index (χ4n) is 4.07. The van der Waals surface area contributed by atoms with Gasteiger partial charge in [0.25, 0.3) is 0 Å². The van der Waals surface area contributed by atoms with Crippen LogP contribution in [-0.4, -0.2) is 24.0 Å². The highest BCUT2D eigenvalue weighted by Gasteiger charge is 2.42. The van der Waals surface area contributed by atoms with Crippen molar-refractivity contribution in [2.45, 2.75) is 59.4 Å². The van der Waals surface area contributed by atoms with Crippen molar-refractivity contribution in [2.24, 2.45) is 16.6 Å². The van der Waals surface area contributed by atoms with Crippen molar-refractivity contribution in [3.63, 3.8) is 0 Å². The number of aromatic hydroxyl groups is 1. The lowest BCUT2D eigenvalue weighted by molar-refractivity contribution is -0.108. The van der Waals surface area contributed by atoms with E-state index < -0.39 is 0 Å². The molecule has 5 heteroatoms. The van der Waals surface area contributed by atoms with Gasteiger partial charge in [0.1, 0.15) is 5.75 Å². The molecule has 3 N–H and O–H groups in total. The zero-order valence-electron chi connectivity index (χ0n) is 15.2. The minimum absolute atomic E-state index is 0.143. The second kappa shape index (κ2) is 8.18. The summed E-state index contributed by atoms with van der Waals surface area (Å²) in [5.74, 6) is 0.172. The van der Waals surface area contributed by atoms with E-state index in [1.807, 2.05) is 12.1 Å². The summed E-state index contributed by atoms with van der Waals surface area (Å²) in [6.45, 7) is 9.10. The Balaban J connectivity index is 0.000000891. The van der Waals surface area contributed by atoms with E-state index >= 15 is 0 Å². The number of rotatable bonds is 4. The van der Waals surface area contributed by atoms with Gasteiger partial charge in [0.05, 0.1) is 5.69 Å². The van der Waals surface area contributed by atoms with E-state index in [1.165, 1.54) is 6.42 Å². The zero-order valence-corrected chi connectivity index (χ0v) is 15.2. The molecule has 2 atom stereocenters.